The van der Waals surface area contributed by atoms with Gasteiger partial charge in [-0.05, 0) is 54.5 Å². The highest BCUT2D eigenvalue weighted by atomic mass is 14.9. The molecule has 0 fully saturated rings. The molecule has 0 saturated carbocycles. The topological polar surface area (TPSA) is 24.9 Å². The second kappa shape index (κ2) is 6.40. The molecule has 1 heterocycles. The predicted octanol–water partition coefficient (Wildman–Crippen LogP) is 4.02. The van der Waals surface area contributed by atoms with Crippen molar-refractivity contribution in [2.24, 2.45) is 0 Å². The number of aromatic nitrogens is 1. The molecule has 0 amide bonds. The maximum Gasteiger partial charge on any atom is 0.0605 e. The lowest BCUT2D eigenvalue weighted by Crippen LogP contribution is -2.28. The number of nitrogens with one attached hydrogen (secondary N) is 1. The van der Waals surface area contributed by atoms with Gasteiger partial charge in [-0.25, -0.2) is 0 Å². The van der Waals surface area contributed by atoms with Gasteiger partial charge in [-0.2, -0.15) is 0 Å². The number of nitrogens with zero attached hydrogens (tertiary/aromatic N) is 1. The van der Waals surface area contributed by atoms with Crippen LogP contribution in [-0.4, -0.2) is 11.5 Å². The van der Waals surface area contributed by atoms with Gasteiger partial charge in [0.1, 0.15) is 0 Å². The fourth-order valence-corrected chi connectivity index (χ4v) is 3.46. The van der Waals surface area contributed by atoms with E-state index in [2.05, 4.69) is 54.5 Å². The Bertz CT molecular complexity index is 606. The molecule has 0 radical (unpaired) electrons. The second-order valence-corrected chi connectivity index (χ2v) is 5.85. The first-order valence-electron chi connectivity index (χ1n) is 8.08. The van der Waals surface area contributed by atoms with E-state index in [1.165, 1.54) is 28.8 Å². The minimum Gasteiger partial charge on any atom is -0.309 e. The number of rotatable bonds is 6. The third-order valence-electron chi connectivity index (χ3n) is 4.57. The molecule has 0 bridgehead atoms. The van der Waals surface area contributed by atoms with Crippen LogP contribution in [0.3, 0.4) is 0 Å². The van der Waals surface area contributed by atoms with Crippen molar-refractivity contribution in [2.45, 2.75) is 45.1 Å². The van der Waals surface area contributed by atoms with Gasteiger partial charge < -0.3 is 5.32 Å². The van der Waals surface area contributed by atoms with Crippen molar-refractivity contribution < 1.29 is 0 Å². The molecule has 2 atom stereocenters. The van der Waals surface area contributed by atoms with Crippen molar-refractivity contribution in [3.63, 3.8) is 0 Å². The van der Waals surface area contributed by atoms with Crippen molar-refractivity contribution in [2.75, 3.05) is 6.54 Å². The largest absolute Gasteiger partial charge is 0.309 e. The van der Waals surface area contributed by atoms with E-state index in [0.717, 1.165) is 19.4 Å². The summed E-state index contributed by atoms with van der Waals surface area (Å²) in [6, 6.07) is 13.5. The first-order chi connectivity index (χ1) is 10.3. The first-order valence-corrected chi connectivity index (χ1v) is 8.08. The van der Waals surface area contributed by atoms with Crippen LogP contribution in [0.15, 0.2) is 42.6 Å². The smallest absolute Gasteiger partial charge is 0.0605 e. The minimum atomic E-state index is 0.365. The van der Waals surface area contributed by atoms with Gasteiger partial charge in [0.25, 0.3) is 0 Å². The number of hydrogen-bond donors (Lipinski definition) is 1. The van der Waals surface area contributed by atoms with Gasteiger partial charge >= 0.3 is 0 Å². The lowest BCUT2D eigenvalue weighted by Gasteiger charge is -2.33. The zero-order valence-corrected chi connectivity index (χ0v) is 13.0. The van der Waals surface area contributed by atoms with Crippen LogP contribution in [0.4, 0.5) is 0 Å². The third-order valence-corrected chi connectivity index (χ3v) is 4.57. The Morgan fingerprint density at radius 3 is 2.81 bits per heavy atom. The summed E-state index contributed by atoms with van der Waals surface area (Å²) in [5.41, 5.74) is 5.67. The average molecular weight is 280 g/mol. The van der Waals surface area contributed by atoms with Gasteiger partial charge in [0.05, 0.1) is 11.7 Å². The van der Waals surface area contributed by atoms with Gasteiger partial charge in [-0.3, -0.25) is 4.98 Å². The van der Waals surface area contributed by atoms with E-state index in [1.807, 2.05) is 12.3 Å². The average Bonchev–Trinajstić information content (AvgIpc) is 2.51. The first kappa shape index (κ1) is 14.3. The highest BCUT2D eigenvalue weighted by Gasteiger charge is 2.29. The monoisotopic (exact) mass is 280 g/mol. The molecule has 21 heavy (non-hydrogen) atoms. The molecule has 0 aliphatic heterocycles. The lowest BCUT2D eigenvalue weighted by molar-refractivity contribution is 0.426. The highest BCUT2D eigenvalue weighted by molar-refractivity contribution is 5.40. The van der Waals surface area contributed by atoms with Gasteiger partial charge in [-0.15, -0.1) is 0 Å². The lowest BCUT2D eigenvalue weighted by atomic mass is 9.74. The maximum absolute atomic E-state index is 4.67. The third kappa shape index (κ3) is 2.86. The van der Waals surface area contributed by atoms with Crippen LogP contribution in [0.1, 0.15) is 54.6 Å². The fraction of sp³-hybridized carbons (Fsp3) is 0.421. The van der Waals surface area contributed by atoms with Crippen molar-refractivity contribution >= 4 is 0 Å². The van der Waals surface area contributed by atoms with Crippen LogP contribution < -0.4 is 5.32 Å². The maximum atomic E-state index is 4.67. The standard InChI is InChI=1S/C19H24N2/c1-3-14-9-7-11-21-19(14)18(20-4-2)13-16-12-15-8-5-6-10-17(15)16/h5-11,16,18,20H,3-4,12-13H2,1-2H3. The van der Waals surface area contributed by atoms with Gasteiger partial charge in [-0.1, -0.05) is 44.2 Å². The SMILES string of the molecule is CCNC(CC1Cc2ccccc21)c1ncccc1CC. The number of pyridine rings is 1. The van der Waals surface area contributed by atoms with Crippen molar-refractivity contribution in [1.29, 1.82) is 0 Å². The Kier molecular flexibility index (Phi) is 4.35. The Morgan fingerprint density at radius 2 is 2.05 bits per heavy atom. The molecule has 0 spiro atoms. The highest BCUT2D eigenvalue weighted by Crippen LogP contribution is 2.40. The number of fused-ring (bicyclic) bond motifs is 1. The fourth-order valence-electron chi connectivity index (χ4n) is 3.46. The van der Waals surface area contributed by atoms with E-state index < -0.39 is 0 Å². The molecule has 0 saturated heterocycles. The second-order valence-electron chi connectivity index (χ2n) is 5.85. The Balaban J connectivity index is 1.80. The van der Waals surface area contributed by atoms with Crippen molar-refractivity contribution in [1.82, 2.24) is 10.3 Å². The van der Waals surface area contributed by atoms with Crippen LogP contribution in [-0.2, 0) is 12.8 Å². The molecule has 110 valence electrons. The molecule has 2 aromatic rings. The molecular formula is C19H24N2. The Hall–Kier alpha value is -1.67. The van der Waals surface area contributed by atoms with Crippen LogP contribution >= 0.6 is 0 Å². The van der Waals surface area contributed by atoms with E-state index in [9.17, 15) is 0 Å². The molecule has 1 N–H and O–H groups in total. The summed E-state index contributed by atoms with van der Waals surface area (Å²) >= 11 is 0. The summed E-state index contributed by atoms with van der Waals surface area (Å²) in [5, 5.41) is 3.64. The molecule has 1 aromatic heterocycles. The van der Waals surface area contributed by atoms with Crippen LogP contribution in [0.5, 0.6) is 0 Å². The van der Waals surface area contributed by atoms with Crippen LogP contribution in [0.2, 0.25) is 0 Å². The normalized spacial score (nSPS) is 17.9. The summed E-state index contributed by atoms with van der Waals surface area (Å²) in [6.07, 6.45) is 5.33. The van der Waals surface area contributed by atoms with E-state index in [0.29, 0.717) is 12.0 Å². The zero-order valence-electron chi connectivity index (χ0n) is 13.0. The summed E-state index contributed by atoms with van der Waals surface area (Å²) in [6.45, 7) is 5.37. The van der Waals surface area contributed by atoms with E-state index in [1.54, 1.807) is 0 Å². The van der Waals surface area contributed by atoms with Crippen LogP contribution in [0.25, 0.3) is 0 Å². The number of hydrogen-bond acceptors (Lipinski definition) is 2. The van der Waals surface area contributed by atoms with Crippen LogP contribution in [0, 0.1) is 0 Å². The predicted molar refractivity (Wildman–Crippen MR) is 87.5 cm³/mol. The summed E-state index contributed by atoms with van der Waals surface area (Å²) < 4.78 is 0. The van der Waals surface area contributed by atoms with Gasteiger partial charge in [0, 0.05) is 6.20 Å². The molecule has 1 aromatic carbocycles. The Labute approximate surface area is 127 Å². The number of benzene rings is 1. The minimum absolute atomic E-state index is 0.365. The van der Waals surface area contributed by atoms with Gasteiger partial charge in [0.2, 0.25) is 0 Å². The molecule has 3 rings (SSSR count). The van der Waals surface area contributed by atoms with Gasteiger partial charge in [0.15, 0.2) is 0 Å². The van der Waals surface area contributed by atoms with E-state index >= 15 is 0 Å². The summed E-state index contributed by atoms with van der Waals surface area (Å²) in [5.74, 6) is 0.678. The Morgan fingerprint density at radius 1 is 1.19 bits per heavy atom. The molecular weight excluding hydrogens is 256 g/mol. The van der Waals surface area contributed by atoms with Crippen molar-refractivity contribution in [3.8, 4) is 0 Å². The van der Waals surface area contributed by atoms with Crippen molar-refractivity contribution in [3.05, 3.63) is 65.0 Å². The molecule has 1 aliphatic rings. The summed E-state index contributed by atoms with van der Waals surface area (Å²) in [7, 11) is 0. The van der Waals surface area contributed by atoms with E-state index in [-0.39, 0.29) is 0 Å². The molecule has 2 unspecified atom stereocenters. The number of aryl methyl sites for hydroxylation is 1. The molecule has 2 nitrogen and oxygen atoms in total. The summed E-state index contributed by atoms with van der Waals surface area (Å²) in [4.78, 5) is 4.67. The molecule has 2 heteroatoms. The quantitative estimate of drug-likeness (QED) is 0.864. The zero-order chi connectivity index (χ0) is 14.7. The molecule has 1 aliphatic carbocycles. The van der Waals surface area contributed by atoms with E-state index in [4.69, 9.17) is 0 Å².